The average Bonchev–Trinajstić information content (AvgIpc) is 3.74. The van der Waals surface area contributed by atoms with Crippen molar-refractivity contribution >= 4 is 114 Å². The Kier molecular flexibility index (Phi) is 21.2. The van der Waals surface area contributed by atoms with Crippen LogP contribution in [-0.2, 0) is 62.4 Å². The van der Waals surface area contributed by atoms with E-state index in [9.17, 15) is 70.2 Å². The topological polar surface area (TPSA) is 378 Å². The number of hydrogen-bond acceptors (Lipinski definition) is 21. The number of carboxylic acids is 2. The molecule has 3 fully saturated rings. The lowest BCUT2D eigenvalue weighted by Crippen LogP contribution is -2.66. The Hall–Kier alpha value is -2.34. The average molecular weight is 1450 g/mol. The lowest BCUT2D eigenvalue weighted by Gasteiger charge is -2.48. The molecule has 3 aromatic rings. The van der Waals surface area contributed by atoms with Crippen LogP contribution >= 0.6 is 90.4 Å². The van der Waals surface area contributed by atoms with E-state index in [1.165, 1.54) is 4.68 Å². The molecule has 0 aliphatic carbocycles. The molecule has 29 heteroatoms. The number of ether oxygens (including phenoxy) is 7. The molecule has 4 heterocycles. The van der Waals surface area contributed by atoms with Crippen LogP contribution in [0.25, 0.3) is 0 Å². The number of aliphatic carboxylic acids is 2. The maximum atomic E-state index is 13.4. The summed E-state index contributed by atoms with van der Waals surface area (Å²) in [5, 5.41) is 115. The zero-order valence-electron chi connectivity index (χ0n) is 37.0. The monoisotopic (exact) mass is 1450 g/mol. The number of carbonyl (C=O) groups is 4. The molecule has 71 heavy (non-hydrogen) atoms. The van der Waals surface area contributed by atoms with Crippen molar-refractivity contribution in [1.29, 1.82) is 0 Å². The van der Waals surface area contributed by atoms with E-state index in [1.54, 1.807) is 13.1 Å². The van der Waals surface area contributed by atoms with Crippen molar-refractivity contribution in [2.45, 2.75) is 144 Å². The summed E-state index contributed by atoms with van der Waals surface area (Å²) in [6.45, 7) is 1.95. The first-order valence-corrected chi connectivity index (χ1v) is 25.9. The number of carboxylic acid groups (broad SMARTS) is 2. The van der Waals surface area contributed by atoms with Gasteiger partial charge in [-0.05, 0) is 134 Å². The summed E-state index contributed by atoms with van der Waals surface area (Å²) in [6, 6.07) is 7.52. The molecule has 25 nitrogen and oxygen atoms in total. The fourth-order valence-electron chi connectivity index (χ4n) is 7.79. The maximum absolute atomic E-state index is 13.4. The van der Waals surface area contributed by atoms with Crippen LogP contribution in [0.15, 0.2) is 30.5 Å². The van der Waals surface area contributed by atoms with E-state index in [-0.39, 0.29) is 25.5 Å². The van der Waals surface area contributed by atoms with Crippen LogP contribution < -0.4 is 14.8 Å². The number of rotatable bonds is 21. The summed E-state index contributed by atoms with van der Waals surface area (Å²) in [4.78, 5) is 48.1. The second-order valence-electron chi connectivity index (χ2n) is 16.7. The Morgan fingerprint density at radius 2 is 1.21 bits per heavy atom. The van der Waals surface area contributed by atoms with Gasteiger partial charge in [0.25, 0.3) is 0 Å². The minimum absolute atomic E-state index is 0.0490. The van der Waals surface area contributed by atoms with Gasteiger partial charge in [-0.15, -0.1) is 5.10 Å². The van der Waals surface area contributed by atoms with E-state index in [1.807, 2.05) is 24.3 Å². The highest BCUT2D eigenvalue weighted by molar-refractivity contribution is 14.1. The third-order valence-corrected chi connectivity index (χ3v) is 14.4. The second kappa shape index (κ2) is 25.9. The van der Waals surface area contributed by atoms with E-state index < -0.39 is 129 Å². The van der Waals surface area contributed by atoms with Crippen molar-refractivity contribution in [3.63, 3.8) is 0 Å². The van der Waals surface area contributed by atoms with Crippen LogP contribution in [0, 0.1) is 14.3 Å². The fourth-order valence-corrected chi connectivity index (χ4v) is 11.9. The third kappa shape index (κ3) is 15.2. The largest absolute Gasteiger partial charge is 0.485 e. The van der Waals surface area contributed by atoms with Crippen LogP contribution in [-0.4, -0.2) is 188 Å². The number of halogens is 4. The smallest absolute Gasteiger partial charge is 0.306 e. The summed E-state index contributed by atoms with van der Waals surface area (Å²) >= 11 is 8.67. The fraction of sp³-hybridized carbons (Fsp3) is 0.571. The van der Waals surface area contributed by atoms with Gasteiger partial charge < -0.3 is 89.5 Å². The van der Waals surface area contributed by atoms with Crippen molar-refractivity contribution in [3.8, 4) is 17.2 Å². The molecule has 1 aromatic heterocycles. The number of nitrogens with zero attached hydrogens (tertiary/aromatic N) is 3. The number of aliphatic hydroxyl groups excluding tert-OH is 8. The van der Waals surface area contributed by atoms with E-state index in [0.717, 1.165) is 19.8 Å². The van der Waals surface area contributed by atoms with Crippen molar-refractivity contribution < 1.29 is 103 Å². The number of Topliss-reactive ketones (excluding diaryl/α,β-unsaturated/α-hetero) is 1. The zero-order chi connectivity index (χ0) is 52.0. The molecule has 3 aliphatic heterocycles. The lowest BCUT2D eigenvalue weighted by atomic mass is 9.93. The maximum Gasteiger partial charge on any atom is 0.306 e. The zero-order valence-corrected chi connectivity index (χ0v) is 45.7. The molecule has 11 N–H and O–H groups in total. The Morgan fingerprint density at radius 1 is 0.676 bits per heavy atom. The third-order valence-electron chi connectivity index (χ3n) is 11.2. The van der Waals surface area contributed by atoms with Gasteiger partial charge in [-0.25, -0.2) is 0 Å². The first-order chi connectivity index (χ1) is 33.5. The standard InChI is InChI=1S/C42H50I4N4O21/c1-15(51)5-16-6-19(43)37(20(44)7-16)66-18-8-21(45)36(22(46)9-18)65-14-17-13-50(49-48-17)4-2-3-47-26(52)10-24-38(70-41-34(62)30(58)29(57)23(68-41)11-27(53)54)32(60)35(63)42(69-24)71-39-25(12-28(55)56)67-40(64)33(61)31(39)59/h6-9,13,23-25,29-35,38-42,57-64H,2-5,10-12,14H2,1H3,(H,47,52)(H,53,54)(H,55,56)/t23?,24?,25?,29-,30+,31-,32-,33?,34?,35?,38-,39-,40-,41+,42+/m1/s1. The molecular formula is C42H50I4N4O21. The van der Waals surface area contributed by atoms with Crippen LogP contribution in [0.2, 0.25) is 0 Å². The number of nitrogens with one attached hydrogen (secondary N) is 1. The number of carbonyl (C=O) groups excluding carboxylic acids is 2. The van der Waals surface area contributed by atoms with Gasteiger partial charge in [-0.2, -0.15) is 0 Å². The van der Waals surface area contributed by atoms with Gasteiger partial charge in [0.15, 0.2) is 24.6 Å². The molecule has 0 bridgehead atoms. The molecule has 1 amide bonds. The molecule has 3 saturated heterocycles. The minimum atomic E-state index is -2.14. The van der Waals surface area contributed by atoms with Crippen molar-refractivity contribution in [2.75, 3.05) is 6.54 Å². The number of amides is 1. The Morgan fingerprint density at radius 3 is 1.80 bits per heavy atom. The van der Waals surface area contributed by atoms with Crippen LogP contribution in [0.4, 0.5) is 0 Å². The Bertz CT molecular complexity index is 2320. The number of aryl methyl sites for hydroxylation is 1. The molecule has 15 atom stereocenters. The van der Waals surface area contributed by atoms with Gasteiger partial charge >= 0.3 is 11.9 Å². The highest BCUT2D eigenvalue weighted by atomic mass is 127. The van der Waals surface area contributed by atoms with Gasteiger partial charge in [0.2, 0.25) is 5.91 Å². The summed E-state index contributed by atoms with van der Waals surface area (Å²) < 4.78 is 45.1. The molecular weight excluding hydrogens is 1400 g/mol. The first-order valence-electron chi connectivity index (χ1n) is 21.6. The van der Waals surface area contributed by atoms with Gasteiger partial charge in [0.05, 0.1) is 51.9 Å². The molecule has 0 radical (unpaired) electrons. The molecule has 6 rings (SSSR count). The van der Waals surface area contributed by atoms with E-state index in [0.29, 0.717) is 35.8 Å². The summed E-state index contributed by atoms with van der Waals surface area (Å²) in [5.41, 5.74) is 1.41. The normalized spacial score (nSPS) is 30.9. The molecule has 0 saturated carbocycles. The molecule has 6 unspecified atom stereocenters. The number of aromatic nitrogens is 3. The van der Waals surface area contributed by atoms with Gasteiger partial charge in [0, 0.05) is 19.5 Å². The van der Waals surface area contributed by atoms with Crippen LogP contribution in [0.1, 0.15) is 43.9 Å². The number of hydrogen-bond donors (Lipinski definition) is 11. The van der Waals surface area contributed by atoms with Gasteiger partial charge in [-0.1, -0.05) is 5.21 Å². The van der Waals surface area contributed by atoms with E-state index in [4.69, 9.17) is 33.2 Å². The van der Waals surface area contributed by atoms with Crippen LogP contribution in [0.3, 0.4) is 0 Å². The number of benzene rings is 2. The van der Waals surface area contributed by atoms with Crippen molar-refractivity contribution in [3.05, 3.63) is 56.0 Å². The number of ketones is 1. The van der Waals surface area contributed by atoms with E-state index >= 15 is 0 Å². The Balaban J connectivity index is 1.06. The quantitative estimate of drug-likeness (QED) is 0.0473. The minimum Gasteiger partial charge on any atom is -0.485 e. The summed E-state index contributed by atoms with van der Waals surface area (Å²) in [5.74, 6) is -1.69. The predicted molar refractivity (Wildman–Crippen MR) is 269 cm³/mol. The summed E-state index contributed by atoms with van der Waals surface area (Å²) in [6.07, 6.45) is -28.8. The summed E-state index contributed by atoms with van der Waals surface area (Å²) in [7, 11) is 0. The highest BCUT2D eigenvalue weighted by Crippen LogP contribution is 2.39. The molecule has 392 valence electrons. The van der Waals surface area contributed by atoms with Crippen LogP contribution in [0.5, 0.6) is 17.2 Å². The highest BCUT2D eigenvalue weighted by Gasteiger charge is 2.54. The van der Waals surface area contributed by atoms with Crippen molar-refractivity contribution in [2.24, 2.45) is 0 Å². The predicted octanol–water partition coefficient (Wildman–Crippen LogP) is -0.491. The first kappa shape index (κ1) is 57.9. The number of aliphatic hydroxyl groups is 8. The van der Waals surface area contributed by atoms with Gasteiger partial charge in [0.1, 0.15) is 90.6 Å². The SMILES string of the molecule is CC(=O)Cc1cc(I)c(Oc2cc(I)c(OCc3cn(CCCNC(=O)CC4O[C@@H](O[C@@H]5C(CC(=O)O)O[C@@H](O)C(O)[C@H]5O)C(O)[C@@H](O)[C@@H]4O[C@@H]4OC(CC(=O)O)[C@@H](O)[C@H](O)C4O)nn3)c(I)c2)c(I)c1. The molecule has 2 aromatic carbocycles. The second-order valence-corrected chi connectivity index (χ2v) is 21.4. The lowest BCUT2D eigenvalue weighted by molar-refractivity contribution is -0.373. The van der Waals surface area contributed by atoms with E-state index in [2.05, 4.69) is 106 Å². The molecule has 3 aliphatic rings. The molecule has 0 spiro atoms. The van der Waals surface area contributed by atoms with Crippen molar-refractivity contribution in [1.82, 2.24) is 20.3 Å². The van der Waals surface area contributed by atoms with Gasteiger partial charge in [-0.3, -0.25) is 23.9 Å². The Labute approximate surface area is 458 Å².